The third-order valence-electron chi connectivity index (χ3n) is 6.75. The van der Waals surface area contributed by atoms with Crippen LogP contribution in [0.1, 0.15) is 37.0 Å². The highest BCUT2D eigenvalue weighted by molar-refractivity contribution is 7.92. The maximum atomic E-state index is 14.1. The van der Waals surface area contributed by atoms with Crippen molar-refractivity contribution < 1.29 is 22.7 Å². The van der Waals surface area contributed by atoms with E-state index in [2.05, 4.69) is 5.32 Å². The van der Waals surface area contributed by atoms with Crippen molar-refractivity contribution in [3.05, 3.63) is 95.6 Å². The Kier molecular flexibility index (Phi) is 10.7. The van der Waals surface area contributed by atoms with Crippen LogP contribution in [-0.2, 0) is 32.6 Å². The van der Waals surface area contributed by atoms with Gasteiger partial charge in [-0.25, -0.2) is 8.42 Å². The molecule has 0 spiro atoms. The number of anilines is 1. The molecule has 3 aromatic rings. The van der Waals surface area contributed by atoms with Crippen molar-refractivity contribution in [2.45, 2.75) is 52.2 Å². The molecule has 2 amide bonds. The Morgan fingerprint density at radius 2 is 1.60 bits per heavy atom. The third kappa shape index (κ3) is 8.58. The van der Waals surface area contributed by atoms with Crippen molar-refractivity contribution in [1.29, 1.82) is 0 Å². The number of sulfonamides is 1. The Hall–Kier alpha value is -3.85. The second-order valence-corrected chi connectivity index (χ2v) is 11.9. The lowest BCUT2D eigenvalue weighted by molar-refractivity contribution is -0.140. The molecule has 0 aliphatic heterocycles. The lowest BCUT2D eigenvalue weighted by Gasteiger charge is -2.34. The highest BCUT2D eigenvalue weighted by atomic mass is 32.2. The average molecular weight is 566 g/mol. The summed E-state index contributed by atoms with van der Waals surface area (Å²) in [4.78, 5) is 29.3. The van der Waals surface area contributed by atoms with Crippen molar-refractivity contribution in [2.75, 3.05) is 24.2 Å². The van der Waals surface area contributed by atoms with Crippen LogP contribution in [0.3, 0.4) is 0 Å². The quantitative estimate of drug-likeness (QED) is 0.333. The zero-order valence-electron chi connectivity index (χ0n) is 23.8. The van der Waals surface area contributed by atoms with Gasteiger partial charge in [0.1, 0.15) is 18.3 Å². The van der Waals surface area contributed by atoms with Gasteiger partial charge in [0.05, 0.1) is 19.1 Å². The van der Waals surface area contributed by atoms with Gasteiger partial charge >= 0.3 is 0 Å². The molecule has 8 nitrogen and oxygen atoms in total. The molecule has 0 bridgehead atoms. The molecule has 0 unspecified atom stereocenters. The second-order valence-electron chi connectivity index (χ2n) is 10.0. The van der Waals surface area contributed by atoms with E-state index in [0.29, 0.717) is 11.4 Å². The minimum Gasteiger partial charge on any atom is -0.497 e. The fourth-order valence-corrected chi connectivity index (χ4v) is 5.21. The number of methoxy groups -OCH3 is 1. The zero-order valence-corrected chi connectivity index (χ0v) is 24.6. The fourth-order valence-electron chi connectivity index (χ4n) is 4.36. The number of nitrogens with zero attached hydrogens (tertiary/aromatic N) is 2. The van der Waals surface area contributed by atoms with E-state index in [1.54, 1.807) is 24.3 Å². The molecule has 3 rings (SSSR count). The summed E-state index contributed by atoms with van der Waals surface area (Å²) in [6.45, 7) is 5.54. The first-order valence-corrected chi connectivity index (χ1v) is 15.2. The van der Waals surface area contributed by atoms with Gasteiger partial charge in [0.25, 0.3) is 0 Å². The van der Waals surface area contributed by atoms with Crippen LogP contribution in [-0.4, -0.2) is 57.1 Å². The minimum atomic E-state index is -3.83. The molecule has 9 heteroatoms. The third-order valence-corrected chi connectivity index (χ3v) is 7.89. The first-order valence-electron chi connectivity index (χ1n) is 13.3. The molecule has 2 atom stereocenters. The van der Waals surface area contributed by atoms with Crippen molar-refractivity contribution in [3.8, 4) is 5.75 Å². The van der Waals surface area contributed by atoms with Gasteiger partial charge in [-0.1, -0.05) is 67.1 Å². The zero-order chi connectivity index (χ0) is 29.3. The molecule has 0 fully saturated rings. The molecule has 0 aliphatic rings. The monoisotopic (exact) mass is 565 g/mol. The summed E-state index contributed by atoms with van der Waals surface area (Å²) in [6.07, 6.45) is 2.07. The van der Waals surface area contributed by atoms with Crippen LogP contribution in [0.2, 0.25) is 0 Å². The molecule has 0 heterocycles. The van der Waals surface area contributed by atoms with Crippen LogP contribution in [0, 0.1) is 6.92 Å². The molecule has 40 heavy (non-hydrogen) atoms. The van der Waals surface area contributed by atoms with Gasteiger partial charge in [0.15, 0.2) is 0 Å². The van der Waals surface area contributed by atoms with Gasteiger partial charge in [-0.05, 0) is 55.7 Å². The number of rotatable bonds is 13. The smallest absolute Gasteiger partial charge is 0.244 e. The van der Waals surface area contributed by atoms with Crippen LogP contribution in [0.25, 0.3) is 0 Å². The van der Waals surface area contributed by atoms with E-state index >= 15 is 0 Å². The minimum absolute atomic E-state index is 0.0893. The summed E-state index contributed by atoms with van der Waals surface area (Å²) in [6, 6.07) is 22.7. The topological polar surface area (TPSA) is 96.0 Å². The van der Waals surface area contributed by atoms with Crippen molar-refractivity contribution in [2.24, 2.45) is 0 Å². The van der Waals surface area contributed by atoms with Crippen LogP contribution < -0.4 is 14.4 Å². The molecule has 0 aliphatic carbocycles. The molecular weight excluding hydrogens is 526 g/mol. The van der Waals surface area contributed by atoms with Crippen molar-refractivity contribution >= 4 is 27.5 Å². The average Bonchev–Trinajstić information content (AvgIpc) is 2.93. The molecule has 0 saturated heterocycles. The fraction of sp³-hybridized carbons (Fsp3) is 0.355. The first kappa shape index (κ1) is 30.7. The van der Waals surface area contributed by atoms with Gasteiger partial charge in [-0.15, -0.1) is 0 Å². The van der Waals surface area contributed by atoms with Crippen LogP contribution in [0.4, 0.5) is 5.69 Å². The van der Waals surface area contributed by atoms with Gasteiger partial charge in [-0.3, -0.25) is 13.9 Å². The number of amides is 2. The standard InChI is InChI=1S/C31H39N3O5S/c1-6-24(3)32-31(36)29(20-25-12-8-7-9-13-25)33(21-26-14-10-11-23(2)19-26)30(35)22-34(40(5,37)38)27-15-17-28(39-4)18-16-27/h7-19,24,29H,6,20-22H2,1-5H3,(H,32,36)/t24-,29-/m1/s1. The van der Waals surface area contributed by atoms with Crippen LogP contribution >= 0.6 is 0 Å². The molecule has 214 valence electrons. The number of aryl methyl sites for hydroxylation is 1. The lowest BCUT2D eigenvalue weighted by Crippen LogP contribution is -2.54. The molecule has 0 saturated carbocycles. The van der Waals surface area contributed by atoms with E-state index in [-0.39, 0.29) is 24.9 Å². The Labute approximate surface area is 238 Å². The maximum Gasteiger partial charge on any atom is 0.244 e. The molecule has 0 aromatic heterocycles. The highest BCUT2D eigenvalue weighted by Crippen LogP contribution is 2.23. The normalized spacial score (nSPS) is 12.7. The second kappa shape index (κ2) is 14.0. The largest absolute Gasteiger partial charge is 0.497 e. The summed E-state index contributed by atoms with van der Waals surface area (Å²) >= 11 is 0. The van der Waals surface area contributed by atoms with E-state index in [1.807, 2.05) is 75.4 Å². The Morgan fingerprint density at radius 3 is 2.17 bits per heavy atom. The van der Waals surface area contributed by atoms with E-state index in [1.165, 1.54) is 12.0 Å². The molecular formula is C31H39N3O5S. The summed E-state index contributed by atoms with van der Waals surface area (Å²) < 4.78 is 32.0. The maximum absolute atomic E-state index is 14.1. The summed E-state index contributed by atoms with van der Waals surface area (Å²) in [7, 11) is -2.31. The number of benzene rings is 3. The predicted octanol–water partition coefficient (Wildman–Crippen LogP) is 4.32. The molecule has 1 N–H and O–H groups in total. The SMILES string of the molecule is CC[C@@H](C)NC(=O)[C@@H](Cc1ccccc1)N(Cc1cccc(C)c1)C(=O)CN(c1ccc(OC)cc1)S(C)(=O)=O. The van der Waals surface area contributed by atoms with Crippen molar-refractivity contribution in [1.82, 2.24) is 10.2 Å². The Bertz CT molecular complexity index is 1380. The van der Waals surface area contributed by atoms with Crippen LogP contribution in [0.5, 0.6) is 5.75 Å². The predicted molar refractivity (Wildman–Crippen MR) is 159 cm³/mol. The summed E-state index contributed by atoms with van der Waals surface area (Å²) in [5, 5.41) is 3.03. The number of hydrogen-bond donors (Lipinski definition) is 1. The number of ether oxygens (including phenoxy) is 1. The molecule has 0 radical (unpaired) electrons. The van der Waals surface area contributed by atoms with Crippen LogP contribution in [0.15, 0.2) is 78.9 Å². The van der Waals surface area contributed by atoms with E-state index in [9.17, 15) is 18.0 Å². The Morgan fingerprint density at radius 1 is 0.950 bits per heavy atom. The number of hydrogen-bond acceptors (Lipinski definition) is 5. The van der Waals surface area contributed by atoms with Crippen molar-refractivity contribution in [3.63, 3.8) is 0 Å². The Balaban J connectivity index is 2.05. The van der Waals surface area contributed by atoms with Gasteiger partial charge in [0, 0.05) is 19.0 Å². The first-order chi connectivity index (χ1) is 19.0. The van der Waals surface area contributed by atoms with E-state index in [0.717, 1.165) is 33.7 Å². The van der Waals surface area contributed by atoms with Gasteiger partial charge < -0.3 is 15.0 Å². The number of nitrogens with one attached hydrogen (secondary N) is 1. The molecule has 3 aromatic carbocycles. The van der Waals surface area contributed by atoms with E-state index in [4.69, 9.17) is 4.74 Å². The van der Waals surface area contributed by atoms with Gasteiger partial charge in [-0.2, -0.15) is 0 Å². The van der Waals surface area contributed by atoms with E-state index < -0.39 is 28.5 Å². The number of carbonyl (C=O) groups excluding carboxylic acids is 2. The highest BCUT2D eigenvalue weighted by Gasteiger charge is 2.33. The summed E-state index contributed by atoms with van der Waals surface area (Å²) in [5.74, 6) is -0.202. The lowest BCUT2D eigenvalue weighted by atomic mass is 10.0. The van der Waals surface area contributed by atoms with Gasteiger partial charge in [0.2, 0.25) is 21.8 Å². The number of carbonyl (C=O) groups is 2. The summed E-state index contributed by atoms with van der Waals surface area (Å²) in [5.41, 5.74) is 3.09.